The first-order chi connectivity index (χ1) is 20.6. The number of piperidine rings is 1. The molecule has 2 aromatic carbocycles. The average molecular weight is 593 g/mol. The molecule has 43 heavy (non-hydrogen) atoms. The summed E-state index contributed by atoms with van der Waals surface area (Å²) >= 11 is 0. The number of fused-ring (bicyclic) bond motifs is 1. The predicted octanol–water partition coefficient (Wildman–Crippen LogP) is 6.40. The molecule has 1 aliphatic rings. The van der Waals surface area contributed by atoms with Crippen molar-refractivity contribution in [2.45, 2.75) is 32.0 Å². The second kappa shape index (κ2) is 12.3. The Balaban J connectivity index is 1.42. The van der Waals surface area contributed by atoms with E-state index in [9.17, 15) is 27.9 Å². The van der Waals surface area contributed by atoms with E-state index in [2.05, 4.69) is 25.6 Å². The van der Waals surface area contributed by atoms with E-state index in [1.54, 1.807) is 60.9 Å². The summed E-state index contributed by atoms with van der Waals surface area (Å²) in [4.78, 5) is 38.3. The molecular weight excluding hydrogens is 565 g/mol. The van der Waals surface area contributed by atoms with Gasteiger partial charge in [0.25, 0.3) is 0 Å². The lowest BCUT2D eigenvalue weighted by Crippen LogP contribution is -2.44. The van der Waals surface area contributed by atoms with Gasteiger partial charge in [-0.25, -0.2) is 19.7 Å². The molecule has 2 aromatic heterocycles. The van der Waals surface area contributed by atoms with Crippen molar-refractivity contribution in [1.29, 1.82) is 0 Å². The van der Waals surface area contributed by atoms with E-state index in [-0.39, 0.29) is 18.0 Å². The van der Waals surface area contributed by atoms with Gasteiger partial charge >= 0.3 is 12.3 Å². The van der Waals surface area contributed by atoms with Crippen LogP contribution < -0.4 is 15.4 Å². The standard InChI is InChI=1S/C30H27F3N6O4/c1-18-9-10-20-21(6-2-8-23(20)37-25(40)11-13-30(31,32)33)26(18)43-27-22(7-3-14-34-27)24-12-15-35-28(38-24)36-19-5-4-16-39(17-19)29(41)42/h2-3,6-15,19H,4-5,16-17H2,1H3,(H,37,40)(H,41,42)(H,35,36,38)/t19-/m0/s1. The first kappa shape index (κ1) is 29.3. The average Bonchev–Trinajstić information content (AvgIpc) is 2.98. The molecule has 0 bridgehead atoms. The van der Waals surface area contributed by atoms with Crippen molar-refractivity contribution in [3.8, 4) is 22.9 Å². The summed E-state index contributed by atoms with van der Waals surface area (Å²) in [6.07, 6.45) is -0.591. The second-order valence-corrected chi connectivity index (χ2v) is 9.91. The van der Waals surface area contributed by atoms with Crippen LogP contribution in [0, 0.1) is 6.92 Å². The third-order valence-electron chi connectivity index (χ3n) is 6.82. The van der Waals surface area contributed by atoms with E-state index in [0.717, 1.165) is 18.4 Å². The number of amides is 2. The number of nitrogens with one attached hydrogen (secondary N) is 2. The zero-order valence-electron chi connectivity index (χ0n) is 22.9. The number of aromatic nitrogens is 3. The minimum Gasteiger partial charge on any atom is -0.465 e. The molecule has 0 radical (unpaired) electrons. The third-order valence-corrected chi connectivity index (χ3v) is 6.82. The molecule has 1 saturated heterocycles. The summed E-state index contributed by atoms with van der Waals surface area (Å²) in [6, 6.07) is 13.7. The molecule has 1 aliphatic heterocycles. The van der Waals surface area contributed by atoms with Gasteiger partial charge in [-0.1, -0.05) is 24.3 Å². The molecule has 0 saturated carbocycles. The van der Waals surface area contributed by atoms with Gasteiger partial charge < -0.3 is 25.4 Å². The van der Waals surface area contributed by atoms with Crippen LogP contribution >= 0.6 is 0 Å². The maximum absolute atomic E-state index is 12.5. The molecule has 13 heteroatoms. The number of ether oxygens (including phenoxy) is 1. The number of rotatable bonds is 7. The van der Waals surface area contributed by atoms with E-state index in [0.29, 0.717) is 58.6 Å². The number of alkyl halides is 3. The van der Waals surface area contributed by atoms with Gasteiger partial charge in [0, 0.05) is 60.1 Å². The van der Waals surface area contributed by atoms with Crippen molar-refractivity contribution in [2.75, 3.05) is 23.7 Å². The summed E-state index contributed by atoms with van der Waals surface area (Å²) in [5.41, 5.74) is 2.17. The minimum absolute atomic E-state index is 0.122. The number of hydrogen-bond donors (Lipinski definition) is 3. The molecular formula is C30H27F3N6O4. The quantitative estimate of drug-likeness (QED) is 0.210. The topological polar surface area (TPSA) is 130 Å². The monoisotopic (exact) mass is 592 g/mol. The zero-order valence-corrected chi connectivity index (χ0v) is 22.9. The number of carboxylic acid groups (broad SMARTS) is 1. The van der Waals surface area contributed by atoms with Crippen molar-refractivity contribution in [3.63, 3.8) is 0 Å². The van der Waals surface area contributed by atoms with Crippen molar-refractivity contribution in [2.24, 2.45) is 0 Å². The number of anilines is 2. The van der Waals surface area contributed by atoms with Gasteiger partial charge in [-0.2, -0.15) is 13.2 Å². The lowest BCUT2D eigenvalue weighted by molar-refractivity contribution is -0.112. The summed E-state index contributed by atoms with van der Waals surface area (Å²) in [6.45, 7) is 2.65. The fraction of sp³-hybridized carbons (Fsp3) is 0.233. The molecule has 2 amide bonds. The Bertz CT molecular complexity index is 1690. The Morgan fingerprint density at radius 1 is 1.07 bits per heavy atom. The molecule has 222 valence electrons. The fourth-order valence-corrected chi connectivity index (χ4v) is 4.82. The summed E-state index contributed by atoms with van der Waals surface area (Å²) in [7, 11) is 0. The Morgan fingerprint density at radius 3 is 2.70 bits per heavy atom. The van der Waals surface area contributed by atoms with Crippen molar-refractivity contribution < 1.29 is 32.6 Å². The highest BCUT2D eigenvalue weighted by atomic mass is 19.4. The molecule has 5 rings (SSSR count). The molecule has 10 nitrogen and oxygen atoms in total. The van der Waals surface area contributed by atoms with Gasteiger partial charge in [-0.3, -0.25) is 4.79 Å². The number of aryl methyl sites for hydroxylation is 1. The van der Waals surface area contributed by atoms with Crippen molar-refractivity contribution >= 4 is 34.4 Å². The van der Waals surface area contributed by atoms with E-state index in [1.807, 2.05) is 6.92 Å². The number of nitrogens with zero attached hydrogens (tertiary/aromatic N) is 4. The van der Waals surface area contributed by atoms with Crippen LogP contribution in [-0.2, 0) is 4.79 Å². The Morgan fingerprint density at radius 2 is 1.91 bits per heavy atom. The van der Waals surface area contributed by atoms with Gasteiger partial charge in [0.15, 0.2) is 0 Å². The number of halogens is 3. The molecule has 3 N–H and O–H groups in total. The van der Waals surface area contributed by atoms with Gasteiger partial charge in [0.2, 0.25) is 17.7 Å². The fourth-order valence-electron chi connectivity index (χ4n) is 4.82. The normalized spacial score (nSPS) is 15.4. The second-order valence-electron chi connectivity index (χ2n) is 9.91. The Hall–Kier alpha value is -5.20. The number of carbonyl (C=O) groups is 2. The van der Waals surface area contributed by atoms with Crippen LogP contribution in [0.5, 0.6) is 11.6 Å². The van der Waals surface area contributed by atoms with E-state index < -0.39 is 18.2 Å². The maximum atomic E-state index is 12.5. The molecule has 1 fully saturated rings. The van der Waals surface area contributed by atoms with E-state index in [4.69, 9.17) is 4.74 Å². The molecule has 4 aromatic rings. The highest BCUT2D eigenvalue weighted by molar-refractivity contribution is 6.07. The first-order valence-corrected chi connectivity index (χ1v) is 13.4. The Labute approximate surface area is 244 Å². The van der Waals surface area contributed by atoms with E-state index in [1.165, 1.54) is 4.90 Å². The Kier molecular flexibility index (Phi) is 8.41. The SMILES string of the molecule is Cc1ccc2c(NC(=O)C=CC(F)(F)F)cccc2c1Oc1ncccc1-c1ccnc(N[C@H]2CCCN(C(=O)O)C2)n1. The number of pyridine rings is 1. The number of allylic oxidation sites excluding steroid dienone is 1. The molecule has 0 spiro atoms. The van der Waals surface area contributed by atoms with Crippen LogP contribution in [0.2, 0.25) is 0 Å². The lowest BCUT2D eigenvalue weighted by atomic mass is 10.0. The van der Waals surface area contributed by atoms with Crippen LogP contribution in [-0.4, -0.2) is 62.3 Å². The smallest absolute Gasteiger partial charge is 0.409 e. The van der Waals surface area contributed by atoms with Crippen molar-refractivity contribution in [3.05, 3.63) is 78.6 Å². The highest BCUT2D eigenvalue weighted by Crippen LogP contribution is 2.38. The predicted molar refractivity (Wildman–Crippen MR) is 154 cm³/mol. The van der Waals surface area contributed by atoms with Gasteiger partial charge in [0.1, 0.15) is 5.75 Å². The van der Waals surface area contributed by atoms with Crippen LogP contribution in [0.25, 0.3) is 22.0 Å². The first-order valence-electron chi connectivity index (χ1n) is 13.4. The summed E-state index contributed by atoms with van der Waals surface area (Å²) < 4.78 is 43.9. The van der Waals surface area contributed by atoms with Crippen LogP contribution in [0.4, 0.5) is 29.6 Å². The third kappa shape index (κ3) is 7.18. The number of hydrogen-bond acceptors (Lipinski definition) is 7. The van der Waals surface area contributed by atoms with Crippen molar-refractivity contribution in [1.82, 2.24) is 19.9 Å². The van der Waals surface area contributed by atoms with Crippen LogP contribution in [0.1, 0.15) is 18.4 Å². The van der Waals surface area contributed by atoms with Gasteiger partial charge in [-0.05, 0) is 49.6 Å². The number of benzene rings is 2. The highest BCUT2D eigenvalue weighted by Gasteiger charge is 2.24. The van der Waals surface area contributed by atoms with Gasteiger partial charge in [0.05, 0.1) is 11.3 Å². The molecule has 3 heterocycles. The number of carbonyl (C=O) groups excluding carboxylic acids is 1. The van der Waals surface area contributed by atoms with Crippen LogP contribution in [0.3, 0.4) is 0 Å². The summed E-state index contributed by atoms with van der Waals surface area (Å²) in [5.74, 6) is 0.116. The lowest BCUT2D eigenvalue weighted by Gasteiger charge is -2.31. The molecule has 0 aliphatic carbocycles. The zero-order chi connectivity index (χ0) is 30.6. The van der Waals surface area contributed by atoms with Crippen LogP contribution in [0.15, 0.2) is 73.1 Å². The molecule has 1 atom stereocenters. The summed E-state index contributed by atoms with van der Waals surface area (Å²) in [5, 5.41) is 16.2. The van der Waals surface area contributed by atoms with E-state index >= 15 is 0 Å². The number of likely N-dealkylation sites (tertiary alicyclic amines) is 1. The largest absolute Gasteiger partial charge is 0.465 e. The molecule has 0 unspecified atom stereocenters. The maximum Gasteiger partial charge on any atom is 0.409 e. The minimum atomic E-state index is -4.60. The van der Waals surface area contributed by atoms with Gasteiger partial charge in [-0.15, -0.1) is 0 Å².